The Morgan fingerprint density at radius 1 is 1.22 bits per heavy atom. The molecule has 23 heavy (non-hydrogen) atoms. The molecule has 0 aliphatic rings. The first-order valence-corrected chi connectivity index (χ1v) is 8.81. The fourth-order valence-electron chi connectivity index (χ4n) is 1.78. The van der Waals surface area contributed by atoms with Gasteiger partial charge in [0.05, 0.1) is 16.5 Å². The van der Waals surface area contributed by atoms with E-state index in [1.807, 2.05) is 24.3 Å². The lowest BCUT2D eigenvalue weighted by Crippen LogP contribution is -2.17. The van der Waals surface area contributed by atoms with Crippen molar-refractivity contribution in [2.24, 2.45) is 0 Å². The molecule has 0 aromatic heterocycles. The van der Waals surface area contributed by atoms with Crippen LogP contribution in [0, 0.1) is 0 Å². The van der Waals surface area contributed by atoms with Crippen molar-refractivity contribution in [3.8, 4) is 0 Å². The fourth-order valence-corrected chi connectivity index (χ4v) is 3.72. The van der Waals surface area contributed by atoms with Crippen molar-refractivity contribution in [2.75, 3.05) is 11.1 Å². The van der Waals surface area contributed by atoms with Gasteiger partial charge in [0.1, 0.15) is 5.56 Å². The number of carboxylic acid groups (broad SMARTS) is 1. The standard InChI is InChI=1S/C15H10BrCl2NO3S/c16-9-3-1-2-4-12(9)23-7-13(20)19-11-6-8(17)5-10(18)14(11)15(21)22/h1-6H,7H2,(H,19,20)(H,21,22). The number of amides is 1. The van der Waals surface area contributed by atoms with Crippen LogP contribution in [0.1, 0.15) is 10.4 Å². The number of aromatic carboxylic acids is 1. The SMILES string of the molecule is O=C(CSc1ccccc1Br)Nc1cc(Cl)cc(Cl)c1C(=O)O. The van der Waals surface area contributed by atoms with Crippen molar-refractivity contribution < 1.29 is 14.7 Å². The molecule has 120 valence electrons. The maximum absolute atomic E-state index is 12.1. The Balaban J connectivity index is 2.12. The van der Waals surface area contributed by atoms with Gasteiger partial charge in [0, 0.05) is 14.4 Å². The molecule has 0 radical (unpaired) electrons. The Labute approximate surface area is 155 Å². The number of hydrogen-bond donors (Lipinski definition) is 2. The van der Waals surface area contributed by atoms with Crippen molar-refractivity contribution in [1.82, 2.24) is 0 Å². The minimum Gasteiger partial charge on any atom is -0.478 e. The number of nitrogens with one attached hydrogen (secondary N) is 1. The van der Waals surface area contributed by atoms with Gasteiger partial charge >= 0.3 is 5.97 Å². The molecule has 4 nitrogen and oxygen atoms in total. The van der Waals surface area contributed by atoms with Gasteiger partial charge in [0.25, 0.3) is 0 Å². The Hall–Kier alpha value is -1.21. The van der Waals surface area contributed by atoms with E-state index in [0.717, 1.165) is 9.37 Å². The van der Waals surface area contributed by atoms with Gasteiger partial charge in [-0.25, -0.2) is 4.79 Å². The largest absolute Gasteiger partial charge is 0.478 e. The Kier molecular flexibility index (Phi) is 6.35. The van der Waals surface area contributed by atoms with Crippen LogP contribution in [0.4, 0.5) is 5.69 Å². The van der Waals surface area contributed by atoms with E-state index in [2.05, 4.69) is 21.2 Å². The van der Waals surface area contributed by atoms with Gasteiger partial charge in [-0.2, -0.15) is 0 Å². The van der Waals surface area contributed by atoms with Gasteiger partial charge in [0.2, 0.25) is 5.91 Å². The number of anilines is 1. The predicted octanol–water partition coefficient (Wildman–Crippen LogP) is 5.18. The smallest absolute Gasteiger partial charge is 0.339 e. The first-order valence-electron chi connectivity index (χ1n) is 6.28. The molecule has 0 heterocycles. The number of carbonyl (C=O) groups excluding carboxylic acids is 1. The predicted molar refractivity (Wildman–Crippen MR) is 96.9 cm³/mol. The highest BCUT2D eigenvalue weighted by atomic mass is 79.9. The zero-order valence-electron chi connectivity index (χ0n) is 11.5. The maximum Gasteiger partial charge on any atom is 0.339 e. The van der Waals surface area contributed by atoms with E-state index in [1.165, 1.54) is 23.9 Å². The molecule has 0 saturated heterocycles. The van der Waals surface area contributed by atoms with Crippen molar-refractivity contribution in [3.63, 3.8) is 0 Å². The minimum atomic E-state index is -1.24. The van der Waals surface area contributed by atoms with Crippen molar-refractivity contribution in [1.29, 1.82) is 0 Å². The first-order chi connectivity index (χ1) is 10.9. The summed E-state index contributed by atoms with van der Waals surface area (Å²) < 4.78 is 0.884. The maximum atomic E-state index is 12.1. The van der Waals surface area contributed by atoms with E-state index >= 15 is 0 Å². The van der Waals surface area contributed by atoms with Crippen LogP contribution in [0.15, 0.2) is 45.8 Å². The molecule has 0 fully saturated rings. The monoisotopic (exact) mass is 433 g/mol. The van der Waals surface area contributed by atoms with Crippen molar-refractivity contribution >= 4 is 68.5 Å². The Morgan fingerprint density at radius 2 is 1.91 bits per heavy atom. The van der Waals surface area contributed by atoms with Crippen LogP contribution in [0.3, 0.4) is 0 Å². The molecule has 0 aliphatic carbocycles. The summed E-state index contributed by atoms with van der Waals surface area (Å²) in [7, 11) is 0. The van der Waals surface area contributed by atoms with E-state index in [0.29, 0.717) is 0 Å². The zero-order chi connectivity index (χ0) is 17.0. The molecule has 2 N–H and O–H groups in total. The van der Waals surface area contributed by atoms with E-state index < -0.39 is 5.97 Å². The number of benzene rings is 2. The number of hydrogen-bond acceptors (Lipinski definition) is 3. The summed E-state index contributed by atoms with van der Waals surface area (Å²) in [6.45, 7) is 0. The Morgan fingerprint density at radius 3 is 2.57 bits per heavy atom. The molecule has 1 amide bonds. The molecule has 0 unspecified atom stereocenters. The molecule has 2 aromatic rings. The Bertz CT molecular complexity index is 770. The third-order valence-corrected chi connectivity index (χ3v) is 5.28. The number of carboxylic acids is 1. The topological polar surface area (TPSA) is 66.4 Å². The quantitative estimate of drug-likeness (QED) is 0.635. The lowest BCUT2D eigenvalue weighted by atomic mass is 10.1. The second-order valence-corrected chi connectivity index (χ2v) is 7.10. The number of thioether (sulfide) groups is 1. The highest BCUT2D eigenvalue weighted by Crippen LogP contribution is 2.30. The highest BCUT2D eigenvalue weighted by Gasteiger charge is 2.18. The lowest BCUT2D eigenvalue weighted by Gasteiger charge is -2.11. The van der Waals surface area contributed by atoms with Crippen LogP contribution < -0.4 is 5.32 Å². The molecule has 0 bridgehead atoms. The average molecular weight is 435 g/mol. The van der Waals surface area contributed by atoms with Gasteiger partial charge in [-0.15, -0.1) is 11.8 Å². The summed E-state index contributed by atoms with van der Waals surface area (Å²) in [4.78, 5) is 24.2. The van der Waals surface area contributed by atoms with Crippen LogP contribution in [0.25, 0.3) is 0 Å². The normalized spacial score (nSPS) is 10.4. The third-order valence-electron chi connectivity index (χ3n) is 2.74. The summed E-state index contributed by atoms with van der Waals surface area (Å²) >= 11 is 16.5. The summed E-state index contributed by atoms with van der Waals surface area (Å²) in [6, 6.07) is 10.2. The van der Waals surface area contributed by atoms with Crippen LogP contribution in [-0.4, -0.2) is 22.7 Å². The first kappa shape index (κ1) is 18.1. The molecular formula is C15H10BrCl2NO3S. The highest BCUT2D eigenvalue weighted by molar-refractivity contribution is 9.10. The van der Waals surface area contributed by atoms with Crippen LogP contribution in [0.5, 0.6) is 0 Å². The summed E-state index contributed by atoms with van der Waals surface area (Å²) in [6.07, 6.45) is 0. The molecule has 0 atom stereocenters. The molecule has 0 aliphatic heterocycles. The number of rotatable bonds is 5. The molecule has 2 rings (SSSR count). The van der Waals surface area contributed by atoms with E-state index in [-0.39, 0.29) is 33.0 Å². The van der Waals surface area contributed by atoms with E-state index in [9.17, 15) is 14.7 Å². The molecule has 0 saturated carbocycles. The number of halogens is 3. The van der Waals surface area contributed by atoms with Gasteiger partial charge in [-0.3, -0.25) is 4.79 Å². The molecule has 2 aromatic carbocycles. The second kappa shape index (κ2) is 8.06. The molecular weight excluding hydrogens is 425 g/mol. The van der Waals surface area contributed by atoms with Crippen LogP contribution in [0.2, 0.25) is 10.0 Å². The van der Waals surface area contributed by atoms with Crippen LogP contribution >= 0.6 is 50.9 Å². The van der Waals surface area contributed by atoms with Gasteiger partial charge < -0.3 is 10.4 Å². The number of carbonyl (C=O) groups is 2. The summed E-state index contributed by atoms with van der Waals surface area (Å²) in [5.74, 6) is -1.47. The molecule has 0 spiro atoms. The average Bonchev–Trinajstić information content (AvgIpc) is 2.45. The van der Waals surface area contributed by atoms with Crippen molar-refractivity contribution in [3.05, 3.63) is 56.5 Å². The minimum absolute atomic E-state index is 0.0289. The van der Waals surface area contributed by atoms with Crippen molar-refractivity contribution in [2.45, 2.75) is 4.90 Å². The van der Waals surface area contributed by atoms with Gasteiger partial charge in [-0.05, 0) is 40.2 Å². The lowest BCUT2D eigenvalue weighted by molar-refractivity contribution is -0.113. The van der Waals surface area contributed by atoms with Gasteiger partial charge in [0.15, 0.2) is 0 Å². The fraction of sp³-hybridized carbons (Fsp3) is 0.0667. The zero-order valence-corrected chi connectivity index (χ0v) is 15.4. The second-order valence-electron chi connectivity index (χ2n) is 4.38. The summed E-state index contributed by atoms with van der Waals surface area (Å²) in [5.41, 5.74) is -0.108. The summed E-state index contributed by atoms with van der Waals surface area (Å²) in [5, 5.41) is 12.0. The van der Waals surface area contributed by atoms with Crippen LogP contribution in [-0.2, 0) is 4.79 Å². The molecule has 8 heteroatoms. The van der Waals surface area contributed by atoms with E-state index in [1.54, 1.807) is 0 Å². The third kappa shape index (κ3) is 4.88. The van der Waals surface area contributed by atoms with Gasteiger partial charge in [-0.1, -0.05) is 35.3 Å². The van der Waals surface area contributed by atoms with E-state index in [4.69, 9.17) is 23.2 Å².